The maximum absolute atomic E-state index is 12.2. The molecule has 2 N–H and O–H groups in total. The molecule has 0 aliphatic heterocycles. The Kier molecular flexibility index (Phi) is 4.82. The zero-order valence-electron chi connectivity index (χ0n) is 11.1. The van der Waals surface area contributed by atoms with E-state index in [4.69, 9.17) is 0 Å². The highest BCUT2D eigenvalue weighted by Gasteiger charge is 2.21. The number of sulfonamides is 1. The maximum Gasteiger partial charge on any atom is 0.250 e. The SMILES string of the molecule is O=S(=O)(NCc1cc(Br)cs1)c1cc(CNC2CC2)cs1. The Morgan fingerprint density at radius 1 is 1.19 bits per heavy atom. The van der Waals surface area contributed by atoms with Crippen LogP contribution in [0.15, 0.2) is 31.6 Å². The van der Waals surface area contributed by atoms with Crippen molar-refractivity contribution in [2.45, 2.75) is 36.2 Å². The van der Waals surface area contributed by atoms with Crippen molar-refractivity contribution >= 4 is 48.6 Å². The topological polar surface area (TPSA) is 58.2 Å². The quantitative estimate of drug-likeness (QED) is 0.741. The van der Waals surface area contributed by atoms with Gasteiger partial charge in [0.05, 0.1) is 0 Å². The average molecular weight is 407 g/mol. The lowest BCUT2D eigenvalue weighted by Crippen LogP contribution is -2.22. The maximum atomic E-state index is 12.2. The van der Waals surface area contributed by atoms with Gasteiger partial charge in [-0.25, -0.2) is 13.1 Å². The van der Waals surface area contributed by atoms with Crippen LogP contribution in [0.25, 0.3) is 0 Å². The molecule has 2 aromatic rings. The normalized spacial score (nSPS) is 15.5. The first-order valence-corrected chi connectivity index (χ1v) is 10.6. The second-order valence-corrected chi connectivity index (χ2v) is 9.80. The molecular formula is C13H15BrN2O2S3. The summed E-state index contributed by atoms with van der Waals surface area (Å²) in [6.45, 7) is 1.07. The van der Waals surface area contributed by atoms with Gasteiger partial charge < -0.3 is 5.32 Å². The summed E-state index contributed by atoms with van der Waals surface area (Å²) < 4.78 is 28.5. The largest absolute Gasteiger partial charge is 0.310 e. The molecule has 2 aromatic heterocycles. The van der Waals surface area contributed by atoms with Crippen molar-refractivity contribution in [1.29, 1.82) is 0 Å². The van der Waals surface area contributed by atoms with E-state index in [1.807, 2.05) is 16.8 Å². The first-order chi connectivity index (χ1) is 10.0. The molecule has 3 rings (SSSR count). The number of halogens is 1. The van der Waals surface area contributed by atoms with Crippen LogP contribution in [0.1, 0.15) is 23.3 Å². The fourth-order valence-electron chi connectivity index (χ4n) is 1.82. The predicted molar refractivity (Wildman–Crippen MR) is 90.2 cm³/mol. The zero-order valence-corrected chi connectivity index (χ0v) is 15.2. The van der Waals surface area contributed by atoms with E-state index in [2.05, 4.69) is 26.0 Å². The van der Waals surface area contributed by atoms with Crippen LogP contribution in [-0.2, 0) is 23.1 Å². The van der Waals surface area contributed by atoms with Crippen molar-refractivity contribution in [2.24, 2.45) is 0 Å². The van der Waals surface area contributed by atoms with Gasteiger partial charge in [-0.15, -0.1) is 22.7 Å². The molecule has 2 heterocycles. The molecule has 1 fully saturated rings. The van der Waals surface area contributed by atoms with Crippen LogP contribution in [0.2, 0.25) is 0 Å². The Balaban J connectivity index is 1.60. The zero-order chi connectivity index (χ0) is 14.9. The summed E-state index contributed by atoms with van der Waals surface area (Å²) in [4.78, 5) is 0.984. The first-order valence-electron chi connectivity index (χ1n) is 6.56. The molecule has 0 atom stereocenters. The molecule has 0 saturated heterocycles. The molecule has 4 nitrogen and oxygen atoms in total. The smallest absolute Gasteiger partial charge is 0.250 e. The van der Waals surface area contributed by atoms with Gasteiger partial charge in [0.25, 0.3) is 0 Å². The third-order valence-electron chi connectivity index (χ3n) is 3.12. The van der Waals surface area contributed by atoms with Crippen LogP contribution in [0.4, 0.5) is 0 Å². The van der Waals surface area contributed by atoms with Gasteiger partial charge in [0, 0.05) is 33.9 Å². The third kappa shape index (κ3) is 4.37. The lowest BCUT2D eigenvalue weighted by Gasteiger charge is -2.02. The van der Waals surface area contributed by atoms with Gasteiger partial charge in [0.1, 0.15) is 4.21 Å². The second-order valence-electron chi connectivity index (χ2n) is 4.98. The predicted octanol–water partition coefficient (Wildman–Crippen LogP) is 3.30. The van der Waals surface area contributed by atoms with Gasteiger partial charge >= 0.3 is 0 Å². The Bertz CT molecular complexity index is 719. The Morgan fingerprint density at radius 2 is 2.00 bits per heavy atom. The van der Waals surface area contributed by atoms with Gasteiger partial charge in [-0.05, 0) is 51.8 Å². The molecule has 1 aliphatic rings. The van der Waals surface area contributed by atoms with E-state index >= 15 is 0 Å². The van der Waals surface area contributed by atoms with Crippen LogP contribution in [0, 0.1) is 0 Å². The van der Waals surface area contributed by atoms with Crippen LogP contribution in [0.3, 0.4) is 0 Å². The minimum absolute atomic E-state index is 0.326. The summed E-state index contributed by atoms with van der Waals surface area (Å²) in [5, 5.41) is 7.24. The lowest BCUT2D eigenvalue weighted by atomic mass is 10.3. The van der Waals surface area contributed by atoms with Crippen LogP contribution >= 0.6 is 38.6 Å². The molecule has 0 aromatic carbocycles. The number of hydrogen-bond acceptors (Lipinski definition) is 5. The van der Waals surface area contributed by atoms with E-state index in [9.17, 15) is 8.42 Å². The number of hydrogen-bond donors (Lipinski definition) is 2. The molecule has 1 saturated carbocycles. The molecule has 8 heteroatoms. The van der Waals surface area contributed by atoms with Gasteiger partial charge in [-0.3, -0.25) is 0 Å². The van der Waals surface area contributed by atoms with Crippen LogP contribution in [-0.4, -0.2) is 14.5 Å². The monoisotopic (exact) mass is 406 g/mol. The number of thiophene rings is 2. The average Bonchev–Trinajstić information content (AvgIpc) is 2.97. The minimum atomic E-state index is -3.42. The second kappa shape index (κ2) is 6.47. The Hall–Kier alpha value is -0.250. The fourth-order valence-corrected chi connectivity index (χ4v) is 5.56. The van der Waals surface area contributed by atoms with Gasteiger partial charge in [0.15, 0.2) is 0 Å². The summed E-state index contributed by atoms with van der Waals surface area (Å²) in [6.07, 6.45) is 2.46. The van der Waals surface area contributed by atoms with E-state index < -0.39 is 10.0 Å². The summed E-state index contributed by atoms with van der Waals surface area (Å²) >= 11 is 6.16. The lowest BCUT2D eigenvalue weighted by molar-refractivity contribution is 0.584. The van der Waals surface area contributed by atoms with Crippen molar-refractivity contribution in [3.63, 3.8) is 0 Å². The van der Waals surface area contributed by atoms with Gasteiger partial charge in [-0.2, -0.15) is 0 Å². The standard InChI is InChI=1S/C13H15BrN2O2S3/c14-10-4-12(19-8-10)6-16-21(17,18)13-3-9(7-20-13)5-15-11-1-2-11/h3-4,7-8,11,15-16H,1-2,5-6H2. The highest BCUT2D eigenvalue weighted by molar-refractivity contribution is 9.10. The molecule has 21 heavy (non-hydrogen) atoms. The Morgan fingerprint density at radius 3 is 2.67 bits per heavy atom. The summed E-state index contributed by atoms with van der Waals surface area (Å²) in [5.41, 5.74) is 1.03. The molecular weight excluding hydrogens is 392 g/mol. The highest BCUT2D eigenvalue weighted by Crippen LogP contribution is 2.24. The number of rotatable bonds is 7. The number of nitrogens with one attached hydrogen (secondary N) is 2. The molecule has 0 unspecified atom stereocenters. The molecule has 0 bridgehead atoms. The van der Waals surface area contributed by atoms with E-state index in [1.54, 1.807) is 6.07 Å². The summed E-state index contributed by atoms with van der Waals surface area (Å²) in [6, 6.07) is 4.31. The van der Waals surface area contributed by atoms with Crippen molar-refractivity contribution in [1.82, 2.24) is 10.0 Å². The first kappa shape index (κ1) is 15.6. The van der Waals surface area contributed by atoms with E-state index in [0.717, 1.165) is 21.5 Å². The van der Waals surface area contributed by atoms with Crippen LogP contribution in [0.5, 0.6) is 0 Å². The van der Waals surface area contributed by atoms with Crippen LogP contribution < -0.4 is 10.0 Å². The molecule has 0 spiro atoms. The third-order valence-corrected chi connectivity index (χ3v) is 7.71. The van der Waals surface area contributed by atoms with Gasteiger partial charge in [-0.1, -0.05) is 0 Å². The minimum Gasteiger partial charge on any atom is -0.310 e. The van der Waals surface area contributed by atoms with E-state index in [0.29, 0.717) is 16.8 Å². The van der Waals surface area contributed by atoms with E-state index in [-0.39, 0.29) is 0 Å². The molecule has 114 valence electrons. The molecule has 0 radical (unpaired) electrons. The van der Waals surface area contributed by atoms with Crippen molar-refractivity contribution in [2.75, 3.05) is 0 Å². The fraction of sp³-hybridized carbons (Fsp3) is 0.385. The van der Waals surface area contributed by atoms with E-state index in [1.165, 1.54) is 35.5 Å². The summed E-state index contributed by atoms with van der Waals surface area (Å²) in [7, 11) is -3.42. The Labute approximate surface area is 140 Å². The molecule has 0 amide bonds. The van der Waals surface area contributed by atoms with Crippen molar-refractivity contribution in [3.8, 4) is 0 Å². The summed E-state index contributed by atoms with van der Waals surface area (Å²) in [5.74, 6) is 0. The van der Waals surface area contributed by atoms with Gasteiger partial charge in [0.2, 0.25) is 10.0 Å². The molecule has 1 aliphatic carbocycles. The highest BCUT2D eigenvalue weighted by atomic mass is 79.9. The van der Waals surface area contributed by atoms with Crippen molar-refractivity contribution < 1.29 is 8.42 Å². The van der Waals surface area contributed by atoms with Crippen molar-refractivity contribution in [3.05, 3.63) is 37.8 Å².